The van der Waals surface area contributed by atoms with E-state index in [4.69, 9.17) is 0 Å². The van der Waals surface area contributed by atoms with Gasteiger partial charge in [-0.05, 0) is 61.4 Å². The molecule has 0 aromatic heterocycles. The van der Waals surface area contributed by atoms with Crippen LogP contribution in [0.2, 0.25) is 0 Å². The Morgan fingerprint density at radius 1 is 1.21 bits per heavy atom. The predicted octanol–water partition coefficient (Wildman–Crippen LogP) is 4.37. The van der Waals surface area contributed by atoms with E-state index in [9.17, 15) is 0 Å². The second kappa shape index (κ2) is 5.16. The third-order valence-electron chi connectivity index (χ3n) is 5.60. The van der Waals surface area contributed by atoms with Gasteiger partial charge in [-0.1, -0.05) is 34.8 Å². The first-order valence-electron chi connectivity index (χ1n) is 7.32. The van der Waals surface area contributed by atoms with Gasteiger partial charge in [0.1, 0.15) is 0 Å². The molecule has 0 unspecified atom stereocenters. The van der Waals surface area contributed by atoms with Crippen LogP contribution in [0.4, 0.5) is 0 Å². The first-order valence-corrected chi connectivity index (χ1v) is 8.11. The van der Waals surface area contributed by atoms with Crippen LogP contribution in [-0.2, 0) is 11.8 Å². The van der Waals surface area contributed by atoms with Gasteiger partial charge in [-0.15, -0.1) is 17.0 Å². The summed E-state index contributed by atoms with van der Waals surface area (Å²) in [6, 6.07) is 7.77. The summed E-state index contributed by atoms with van der Waals surface area (Å²) >= 11 is 3.64. The highest BCUT2D eigenvalue weighted by atomic mass is 79.9. The first kappa shape index (κ1) is 14.1. The van der Waals surface area contributed by atoms with Crippen molar-refractivity contribution in [2.75, 3.05) is 6.54 Å². The summed E-state index contributed by atoms with van der Waals surface area (Å²) in [6.45, 7) is 1.22. The molecule has 1 heterocycles. The van der Waals surface area contributed by atoms with E-state index in [0.29, 0.717) is 5.41 Å². The minimum Gasteiger partial charge on any atom is -0.313 e. The van der Waals surface area contributed by atoms with Gasteiger partial charge in [0.25, 0.3) is 0 Å². The average molecular weight is 387 g/mol. The van der Waals surface area contributed by atoms with Crippen molar-refractivity contribution < 1.29 is 0 Å². The summed E-state index contributed by atoms with van der Waals surface area (Å²) in [7, 11) is 0. The molecule has 1 saturated carbocycles. The van der Waals surface area contributed by atoms with E-state index in [1.807, 2.05) is 0 Å². The monoisotopic (exact) mass is 385 g/mol. The molecule has 1 nitrogen and oxygen atoms in total. The molecule has 3 aliphatic rings. The molecule has 4 rings (SSSR count). The first-order chi connectivity index (χ1) is 8.79. The normalized spacial score (nSPS) is 35.8. The van der Waals surface area contributed by atoms with Crippen LogP contribution in [0.15, 0.2) is 22.7 Å². The third kappa shape index (κ3) is 2.04. The summed E-state index contributed by atoms with van der Waals surface area (Å²) in [6.07, 6.45) is 8.32. The largest absolute Gasteiger partial charge is 0.313 e. The van der Waals surface area contributed by atoms with Gasteiger partial charge >= 0.3 is 0 Å². The number of halogens is 2. The molecule has 0 radical (unpaired) electrons. The van der Waals surface area contributed by atoms with Gasteiger partial charge in [0.15, 0.2) is 0 Å². The Morgan fingerprint density at radius 2 is 2.11 bits per heavy atom. The molecule has 0 spiro atoms. The molecule has 0 amide bonds. The molecule has 2 fully saturated rings. The third-order valence-corrected chi connectivity index (χ3v) is 6.10. The Labute approximate surface area is 134 Å². The standard InChI is InChI=1S/C16H20BrN.BrH/c17-12-4-5-13-11(9-12)10-15-14-3-1-2-6-16(13,14)7-8-18-15;/h4-5,9,14-15,18H,1-3,6-8,10H2;1H/t14-,15+,16-;/m0./s1. The van der Waals surface area contributed by atoms with Crippen LogP contribution < -0.4 is 5.32 Å². The lowest BCUT2D eigenvalue weighted by Gasteiger charge is -2.56. The average Bonchev–Trinajstić information content (AvgIpc) is 2.38. The van der Waals surface area contributed by atoms with Gasteiger partial charge in [0.2, 0.25) is 0 Å². The lowest BCUT2D eigenvalue weighted by molar-refractivity contribution is 0.0797. The van der Waals surface area contributed by atoms with Crippen LogP contribution in [0.3, 0.4) is 0 Å². The van der Waals surface area contributed by atoms with Gasteiger partial charge in [-0.2, -0.15) is 0 Å². The van der Waals surface area contributed by atoms with E-state index < -0.39 is 0 Å². The number of hydrogen-bond donors (Lipinski definition) is 1. The predicted molar refractivity (Wildman–Crippen MR) is 88.2 cm³/mol. The van der Waals surface area contributed by atoms with Crippen molar-refractivity contribution in [1.29, 1.82) is 0 Å². The topological polar surface area (TPSA) is 12.0 Å². The van der Waals surface area contributed by atoms with Crippen LogP contribution in [-0.4, -0.2) is 12.6 Å². The maximum absolute atomic E-state index is 3.79. The zero-order chi connectivity index (χ0) is 12.2. The highest BCUT2D eigenvalue weighted by molar-refractivity contribution is 9.10. The Bertz CT molecular complexity index is 484. The maximum atomic E-state index is 3.79. The Balaban J connectivity index is 0.00000110. The van der Waals surface area contributed by atoms with E-state index in [0.717, 1.165) is 12.0 Å². The quantitative estimate of drug-likeness (QED) is 0.697. The second-order valence-electron chi connectivity index (χ2n) is 6.32. The van der Waals surface area contributed by atoms with Gasteiger partial charge in [-0.3, -0.25) is 0 Å². The van der Waals surface area contributed by atoms with Crippen molar-refractivity contribution in [3.8, 4) is 0 Å². The number of fused-ring (bicyclic) bond motifs is 1. The molecule has 1 saturated heterocycles. The molecular weight excluding hydrogens is 366 g/mol. The zero-order valence-corrected chi connectivity index (χ0v) is 14.4. The van der Waals surface area contributed by atoms with Crippen molar-refractivity contribution in [2.45, 2.75) is 50.0 Å². The molecule has 3 heteroatoms. The van der Waals surface area contributed by atoms with Crippen molar-refractivity contribution in [3.63, 3.8) is 0 Å². The van der Waals surface area contributed by atoms with E-state index in [1.54, 1.807) is 11.1 Å². The fourth-order valence-corrected chi connectivity index (χ4v) is 5.33. The minimum atomic E-state index is 0. The molecule has 3 atom stereocenters. The Morgan fingerprint density at radius 3 is 3.00 bits per heavy atom. The molecular formula is C16H21Br2N. The van der Waals surface area contributed by atoms with Crippen molar-refractivity contribution in [2.24, 2.45) is 5.92 Å². The van der Waals surface area contributed by atoms with Gasteiger partial charge < -0.3 is 5.32 Å². The molecule has 2 bridgehead atoms. The number of nitrogens with one attached hydrogen (secondary N) is 1. The van der Waals surface area contributed by atoms with E-state index in [-0.39, 0.29) is 17.0 Å². The summed E-state index contributed by atoms with van der Waals surface area (Å²) in [4.78, 5) is 0. The molecule has 19 heavy (non-hydrogen) atoms. The number of rotatable bonds is 0. The van der Waals surface area contributed by atoms with Crippen LogP contribution >= 0.6 is 32.9 Å². The molecule has 1 aromatic carbocycles. The smallest absolute Gasteiger partial charge is 0.0178 e. The number of hydrogen-bond acceptors (Lipinski definition) is 1. The summed E-state index contributed by atoms with van der Waals surface area (Å²) in [5, 5.41) is 3.79. The second-order valence-corrected chi connectivity index (χ2v) is 7.24. The molecule has 2 aliphatic carbocycles. The van der Waals surface area contributed by atoms with E-state index >= 15 is 0 Å². The summed E-state index contributed by atoms with van der Waals surface area (Å²) < 4.78 is 1.24. The van der Waals surface area contributed by atoms with Crippen LogP contribution in [0.5, 0.6) is 0 Å². The van der Waals surface area contributed by atoms with Crippen molar-refractivity contribution in [1.82, 2.24) is 5.32 Å². The van der Waals surface area contributed by atoms with Crippen molar-refractivity contribution in [3.05, 3.63) is 33.8 Å². The van der Waals surface area contributed by atoms with Crippen molar-refractivity contribution >= 4 is 32.9 Å². The lowest BCUT2D eigenvalue weighted by Crippen LogP contribution is -2.59. The van der Waals surface area contributed by atoms with Crippen LogP contribution in [0.25, 0.3) is 0 Å². The number of piperidine rings is 1. The molecule has 104 valence electrons. The maximum Gasteiger partial charge on any atom is 0.0178 e. The minimum absolute atomic E-state index is 0. The highest BCUT2D eigenvalue weighted by Gasteiger charge is 2.51. The van der Waals surface area contributed by atoms with Gasteiger partial charge in [0, 0.05) is 15.9 Å². The molecule has 1 N–H and O–H groups in total. The summed E-state index contributed by atoms with van der Waals surface area (Å²) in [5.74, 6) is 0.897. The Kier molecular flexibility index (Phi) is 3.83. The molecule has 1 aliphatic heterocycles. The highest BCUT2D eigenvalue weighted by Crippen LogP contribution is 2.53. The van der Waals surface area contributed by atoms with E-state index in [1.165, 1.54) is 49.5 Å². The summed E-state index contributed by atoms with van der Waals surface area (Å²) in [5.41, 5.74) is 3.80. The van der Waals surface area contributed by atoms with Crippen LogP contribution in [0, 0.1) is 5.92 Å². The Hall–Kier alpha value is 0.140. The fourth-order valence-electron chi connectivity index (χ4n) is 4.92. The van der Waals surface area contributed by atoms with Gasteiger partial charge in [0.05, 0.1) is 0 Å². The number of benzene rings is 1. The van der Waals surface area contributed by atoms with Gasteiger partial charge in [-0.25, -0.2) is 0 Å². The fraction of sp³-hybridized carbons (Fsp3) is 0.625. The SMILES string of the molecule is Br.Brc1ccc2c(c1)C[C@H]1NCC[C@@]23CCCC[C@@H]13. The zero-order valence-electron chi connectivity index (χ0n) is 11.1. The van der Waals surface area contributed by atoms with E-state index in [2.05, 4.69) is 39.4 Å². The lowest BCUT2D eigenvalue weighted by atomic mass is 9.53. The molecule has 1 aromatic rings. The van der Waals surface area contributed by atoms with Crippen LogP contribution in [0.1, 0.15) is 43.2 Å².